The smallest absolute Gasteiger partial charge is 0.241 e. The molecule has 0 bridgehead atoms. The minimum Gasteiger partial charge on any atom is -0.361 e. The van der Waals surface area contributed by atoms with E-state index in [1.54, 1.807) is 11.3 Å². The van der Waals surface area contributed by atoms with Crippen LogP contribution in [0.25, 0.3) is 10.9 Å². The van der Waals surface area contributed by atoms with E-state index in [1.807, 2.05) is 44.2 Å². The summed E-state index contributed by atoms with van der Waals surface area (Å²) in [5, 5.41) is 9.75. The SMILES string of the molecule is Cc1ccc(NC(=O)[C@@H](C)NC[C@@H](c2cccs2)c2c[nH]c3ccccc23)cc1. The van der Waals surface area contributed by atoms with Crippen molar-refractivity contribution in [3.05, 3.63) is 88.2 Å². The summed E-state index contributed by atoms with van der Waals surface area (Å²) in [4.78, 5) is 17.3. The van der Waals surface area contributed by atoms with Gasteiger partial charge in [-0.3, -0.25) is 4.79 Å². The fourth-order valence-corrected chi connectivity index (χ4v) is 4.36. The van der Waals surface area contributed by atoms with Crippen LogP contribution in [0.4, 0.5) is 5.69 Å². The number of aryl methyl sites for hydroxylation is 1. The minimum atomic E-state index is -0.302. The highest BCUT2D eigenvalue weighted by molar-refractivity contribution is 7.10. The number of hydrogen-bond donors (Lipinski definition) is 3. The molecule has 4 aromatic rings. The number of benzene rings is 2. The number of anilines is 1. The van der Waals surface area contributed by atoms with Crippen molar-refractivity contribution in [2.45, 2.75) is 25.8 Å². The van der Waals surface area contributed by atoms with Crippen LogP contribution < -0.4 is 10.6 Å². The molecule has 2 heterocycles. The number of hydrogen-bond acceptors (Lipinski definition) is 3. The van der Waals surface area contributed by atoms with Gasteiger partial charge < -0.3 is 15.6 Å². The van der Waals surface area contributed by atoms with Crippen LogP contribution in [0.5, 0.6) is 0 Å². The maximum Gasteiger partial charge on any atom is 0.241 e. The Morgan fingerprint density at radius 1 is 1.07 bits per heavy atom. The number of thiophene rings is 1. The summed E-state index contributed by atoms with van der Waals surface area (Å²) in [5.74, 6) is 0.151. The topological polar surface area (TPSA) is 56.9 Å². The van der Waals surface area contributed by atoms with Crippen molar-refractivity contribution in [3.63, 3.8) is 0 Å². The van der Waals surface area contributed by atoms with Crippen molar-refractivity contribution < 1.29 is 4.79 Å². The molecule has 0 fully saturated rings. The molecule has 148 valence electrons. The third-order valence-electron chi connectivity index (χ3n) is 5.22. The number of carbonyl (C=O) groups excluding carboxylic acids is 1. The molecule has 3 N–H and O–H groups in total. The molecule has 2 atom stereocenters. The molecule has 2 aromatic heterocycles. The Morgan fingerprint density at radius 2 is 1.86 bits per heavy atom. The molecule has 2 aromatic carbocycles. The standard InChI is InChI=1S/C24H25N3OS/c1-16-9-11-18(12-10-16)27-24(28)17(2)25-15-21(23-8-5-13-29-23)20-14-26-22-7-4-3-6-19(20)22/h3-14,17,21,25-26H,15H2,1-2H3,(H,27,28)/t17-,21-/m1/s1. The van der Waals surface area contributed by atoms with Crippen LogP contribution in [-0.2, 0) is 4.79 Å². The largest absolute Gasteiger partial charge is 0.361 e. The molecule has 5 heteroatoms. The van der Waals surface area contributed by atoms with Crippen LogP contribution in [0.2, 0.25) is 0 Å². The lowest BCUT2D eigenvalue weighted by Gasteiger charge is -2.20. The Hall–Kier alpha value is -2.89. The van der Waals surface area contributed by atoms with E-state index in [0.717, 1.165) is 11.2 Å². The molecule has 29 heavy (non-hydrogen) atoms. The highest BCUT2D eigenvalue weighted by atomic mass is 32.1. The van der Waals surface area contributed by atoms with Gasteiger partial charge in [0.25, 0.3) is 0 Å². The summed E-state index contributed by atoms with van der Waals surface area (Å²) in [7, 11) is 0. The minimum absolute atomic E-state index is 0.0299. The van der Waals surface area contributed by atoms with Crippen LogP contribution in [-0.4, -0.2) is 23.5 Å². The summed E-state index contributed by atoms with van der Waals surface area (Å²) < 4.78 is 0. The fraction of sp³-hybridized carbons (Fsp3) is 0.208. The first-order chi connectivity index (χ1) is 14.1. The van der Waals surface area contributed by atoms with Crippen molar-refractivity contribution in [2.75, 3.05) is 11.9 Å². The van der Waals surface area contributed by atoms with Gasteiger partial charge in [0.2, 0.25) is 5.91 Å². The maximum atomic E-state index is 12.6. The zero-order chi connectivity index (χ0) is 20.2. The Labute approximate surface area is 175 Å². The predicted octanol–water partition coefficient (Wildman–Crippen LogP) is 5.29. The second kappa shape index (κ2) is 8.64. The average molecular weight is 404 g/mol. The summed E-state index contributed by atoms with van der Waals surface area (Å²) in [6.07, 6.45) is 2.09. The van der Waals surface area contributed by atoms with E-state index in [0.29, 0.717) is 6.54 Å². The molecule has 4 nitrogen and oxygen atoms in total. The van der Waals surface area contributed by atoms with E-state index in [-0.39, 0.29) is 17.9 Å². The van der Waals surface area contributed by atoms with Gasteiger partial charge in [0.05, 0.1) is 6.04 Å². The van der Waals surface area contributed by atoms with Gasteiger partial charge in [0.1, 0.15) is 0 Å². The molecule has 0 aliphatic heterocycles. The highest BCUT2D eigenvalue weighted by Crippen LogP contribution is 2.32. The molecule has 0 aliphatic rings. The lowest BCUT2D eigenvalue weighted by atomic mass is 9.96. The second-order valence-electron chi connectivity index (χ2n) is 7.34. The number of nitrogens with one attached hydrogen (secondary N) is 3. The number of fused-ring (bicyclic) bond motifs is 1. The Kier molecular flexibility index (Phi) is 5.79. The summed E-state index contributed by atoms with van der Waals surface area (Å²) in [5.41, 5.74) is 4.38. The van der Waals surface area contributed by atoms with E-state index < -0.39 is 0 Å². The van der Waals surface area contributed by atoms with Crippen molar-refractivity contribution in [1.29, 1.82) is 0 Å². The molecule has 0 saturated carbocycles. The number of carbonyl (C=O) groups is 1. The van der Waals surface area contributed by atoms with Crippen molar-refractivity contribution in [1.82, 2.24) is 10.3 Å². The highest BCUT2D eigenvalue weighted by Gasteiger charge is 2.21. The monoisotopic (exact) mass is 403 g/mol. The zero-order valence-electron chi connectivity index (χ0n) is 16.6. The molecule has 0 saturated heterocycles. The van der Waals surface area contributed by atoms with E-state index in [1.165, 1.54) is 21.4 Å². The van der Waals surface area contributed by atoms with E-state index in [2.05, 4.69) is 57.5 Å². The maximum absolute atomic E-state index is 12.6. The van der Waals surface area contributed by atoms with E-state index >= 15 is 0 Å². The molecule has 1 amide bonds. The Balaban J connectivity index is 1.48. The second-order valence-corrected chi connectivity index (χ2v) is 8.32. The van der Waals surface area contributed by atoms with Crippen molar-refractivity contribution >= 4 is 33.8 Å². The summed E-state index contributed by atoms with van der Waals surface area (Å²) in [6, 6.07) is 20.1. The third-order valence-corrected chi connectivity index (χ3v) is 6.21. The van der Waals surface area contributed by atoms with Crippen LogP contribution >= 0.6 is 11.3 Å². The average Bonchev–Trinajstić information content (AvgIpc) is 3.40. The number of aromatic nitrogens is 1. The Morgan fingerprint density at radius 3 is 2.62 bits per heavy atom. The first-order valence-electron chi connectivity index (χ1n) is 9.82. The van der Waals surface area contributed by atoms with Crippen LogP contribution in [0.1, 0.15) is 28.8 Å². The van der Waals surface area contributed by atoms with E-state index in [4.69, 9.17) is 0 Å². The molecule has 4 rings (SSSR count). The molecular weight excluding hydrogens is 378 g/mol. The third kappa shape index (κ3) is 4.42. The summed E-state index contributed by atoms with van der Waals surface area (Å²) in [6.45, 7) is 4.63. The van der Waals surface area contributed by atoms with Gasteiger partial charge in [-0.1, -0.05) is 42.0 Å². The Bertz CT molecular complexity index is 1080. The van der Waals surface area contributed by atoms with Gasteiger partial charge in [-0.2, -0.15) is 0 Å². The van der Waals surface area contributed by atoms with Crippen LogP contribution in [0, 0.1) is 6.92 Å². The number of rotatable bonds is 7. The summed E-state index contributed by atoms with van der Waals surface area (Å²) >= 11 is 1.75. The molecule has 0 unspecified atom stereocenters. The zero-order valence-corrected chi connectivity index (χ0v) is 17.4. The first-order valence-corrected chi connectivity index (χ1v) is 10.7. The molecule has 0 spiro atoms. The number of aromatic amines is 1. The van der Waals surface area contributed by atoms with Gasteiger partial charge in [-0.25, -0.2) is 0 Å². The van der Waals surface area contributed by atoms with Gasteiger partial charge in [0.15, 0.2) is 0 Å². The number of amides is 1. The van der Waals surface area contributed by atoms with Crippen molar-refractivity contribution in [3.8, 4) is 0 Å². The number of para-hydroxylation sites is 1. The molecular formula is C24H25N3OS. The van der Waals surface area contributed by atoms with Crippen molar-refractivity contribution in [2.24, 2.45) is 0 Å². The normalized spacial score (nSPS) is 13.3. The van der Waals surface area contributed by atoms with Crippen LogP contribution in [0.15, 0.2) is 72.2 Å². The first kappa shape index (κ1) is 19.4. The van der Waals surface area contributed by atoms with Gasteiger partial charge in [-0.15, -0.1) is 11.3 Å². The van der Waals surface area contributed by atoms with Gasteiger partial charge in [-0.05, 0) is 49.1 Å². The fourth-order valence-electron chi connectivity index (χ4n) is 3.51. The predicted molar refractivity (Wildman–Crippen MR) is 122 cm³/mol. The van der Waals surface area contributed by atoms with E-state index in [9.17, 15) is 4.79 Å². The lowest BCUT2D eigenvalue weighted by molar-refractivity contribution is -0.117. The van der Waals surface area contributed by atoms with Gasteiger partial charge in [0, 0.05) is 40.1 Å². The van der Waals surface area contributed by atoms with Crippen LogP contribution in [0.3, 0.4) is 0 Å². The molecule has 0 radical (unpaired) electrons. The lowest BCUT2D eigenvalue weighted by Crippen LogP contribution is -2.40. The quantitative estimate of drug-likeness (QED) is 0.393. The van der Waals surface area contributed by atoms with Gasteiger partial charge >= 0.3 is 0 Å². The number of H-pyrrole nitrogens is 1. The molecule has 0 aliphatic carbocycles.